The first-order valence-electron chi connectivity index (χ1n) is 5.70. The molecule has 1 fully saturated rings. The molecule has 2 nitrogen and oxygen atoms in total. The second-order valence-electron chi connectivity index (χ2n) is 4.40. The Kier molecular flexibility index (Phi) is 2.93. The van der Waals surface area contributed by atoms with E-state index < -0.39 is 5.41 Å². The highest BCUT2D eigenvalue weighted by molar-refractivity contribution is 5.31. The van der Waals surface area contributed by atoms with Gasteiger partial charge in [-0.1, -0.05) is 43.2 Å². The third kappa shape index (κ3) is 1.68. The molecule has 1 atom stereocenters. The van der Waals surface area contributed by atoms with E-state index >= 15 is 0 Å². The van der Waals surface area contributed by atoms with Crippen molar-refractivity contribution in [3.63, 3.8) is 0 Å². The molecule has 0 amide bonds. The van der Waals surface area contributed by atoms with E-state index in [9.17, 15) is 10.5 Å². The van der Waals surface area contributed by atoms with Gasteiger partial charge in [-0.05, 0) is 18.4 Å². The maximum atomic E-state index is 9.30. The minimum atomic E-state index is -0.806. The van der Waals surface area contributed by atoms with E-state index in [0.29, 0.717) is 6.42 Å². The van der Waals surface area contributed by atoms with Gasteiger partial charge in [-0.15, -0.1) is 0 Å². The number of hydrogen-bond donors (Lipinski definition) is 0. The lowest BCUT2D eigenvalue weighted by Gasteiger charge is -2.33. The van der Waals surface area contributed by atoms with Gasteiger partial charge in [0.2, 0.25) is 0 Å². The highest BCUT2D eigenvalue weighted by atomic mass is 14.5. The van der Waals surface area contributed by atoms with E-state index in [1.165, 1.54) is 0 Å². The summed E-state index contributed by atoms with van der Waals surface area (Å²) in [6, 6.07) is 14.5. The van der Waals surface area contributed by atoms with Gasteiger partial charge in [0, 0.05) is 5.92 Å². The fraction of sp³-hybridized carbons (Fsp3) is 0.429. The molecule has 16 heavy (non-hydrogen) atoms. The van der Waals surface area contributed by atoms with Crippen LogP contribution >= 0.6 is 0 Å². The Bertz CT molecular complexity index is 422. The van der Waals surface area contributed by atoms with Gasteiger partial charge in [-0.3, -0.25) is 0 Å². The summed E-state index contributed by atoms with van der Waals surface area (Å²) < 4.78 is 0. The molecular formula is C14H14N2. The summed E-state index contributed by atoms with van der Waals surface area (Å²) in [5.74, 6) is 0.0810. The lowest BCUT2D eigenvalue weighted by Crippen LogP contribution is -2.29. The van der Waals surface area contributed by atoms with Crippen LogP contribution in [0.2, 0.25) is 0 Å². The number of benzene rings is 1. The fourth-order valence-electron chi connectivity index (χ4n) is 2.60. The minimum absolute atomic E-state index is 0.0810. The lowest BCUT2D eigenvalue weighted by molar-refractivity contribution is 0.292. The van der Waals surface area contributed by atoms with Gasteiger partial charge in [0.05, 0.1) is 12.1 Å². The number of nitrogens with zero attached hydrogens (tertiary/aromatic N) is 2. The smallest absolute Gasteiger partial charge is 0.150 e. The van der Waals surface area contributed by atoms with Crippen LogP contribution in [0.1, 0.15) is 37.2 Å². The Hall–Kier alpha value is -1.80. The Morgan fingerprint density at radius 1 is 1.06 bits per heavy atom. The first-order chi connectivity index (χ1) is 7.82. The fourth-order valence-corrected chi connectivity index (χ4v) is 2.60. The normalized spacial score (nSPS) is 23.0. The van der Waals surface area contributed by atoms with Crippen LogP contribution < -0.4 is 0 Å². The van der Waals surface area contributed by atoms with Crippen molar-refractivity contribution in [3.8, 4) is 12.1 Å². The average Bonchev–Trinajstić information content (AvgIpc) is 2.39. The number of nitriles is 2. The summed E-state index contributed by atoms with van der Waals surface area (Å²) in [6.07, 6.45) is 3.76. The molecule has 2 rings (SSSR count). The average molecular weight is 210 g/mol. The second-order valence-corrected chi connectivity index (χ2v) is 4.40. The third-order valence-corrected chi connectivity index (χ3v) is 3.51. The van der Waals surface area contributed by atoms with Crippen LogP contribution in [0.4, 0.5) is 0 Å². The maximum absolute atomic E-state index is 9.30. The molecule has 0 aromatic heterocycles. The van der Waals surface area contributed by atoms with Crippen molar-refractivity contribution in [2.75, 3.05) is 0 Å². The molecular weight excluding hydrogens is 196 g/mol. The van der Waals surface area contributed by atoms with E-state index in [4.69, 9.17) is 0 Å². The van der Waals surface area contributed by atoms with Gasteiger partial charge in [0.15, 0.2) is 5.41 Å². The summed E-state index contributed by atoms with van der Waals surface area (Å²) >= 11 is 0. The second kappa shape index (κ2) is 4.37. The first kappa shape index (κ1) is 10.7. The molecule has 0 saturated heterocycles. The van der Waals surface area contributed by atoms with Crippen LogP contribution in [0.5, 0.6) is 0 Å². The third-order valence-electron chi connectivity index (χ3n) is 3.51. The van der Waals surface area contributed by atoms with Gasteiger partial charge in [-0.25, -0.2) is 0 Å². The van der Waals surface area contributed by atoms with Gasteiger partial charge >= 0.3 is 0 Å². The predicted octanol–water partition coefficient (Wildman–Crippen LogP) is 3.38. The molecule has 2 heteroatoms. The Morgan fingerprint density at radius 3 is 2.38 bits per heavy atom. The molecule has 0 N–H and O–H groups in total. The quantitative estimate of drug-likeness (QED) is 0.713. The Labute approximate surface area is 96.1 Å². The zero-order chi connectivity index (χ0) is 11.4. The maximum Gasteiger partial charge on any atom is 0.150 e. The molecule has 1 aromatic rings. The zero-order valence-corrected chi connectivity index (χ0v) is 9.19. The molecule has 0 aliphatic heterocycles. The van der Waals surface area contributed by atoms with Crippen molar-refractivity contribution in [2.45, 2.75) is 31.6 Å². The first-order valence-corrected chi connectivity index (χ1v) is 5.70. The standard InChI is InChI=1S/C14H14N2/c15-10-14(11-16)9-5-4-8-13(14)12-6-2-1-3-7-12/h1-3,6-7,13H,4-5,8-9H2. The van der Waals surface area contributed by atoms with Crippen molar-refractivity contribution in [1.82, 2.24) is 0 Å². The minimum Gasteiger partial charge on any atom is -0.197 e. The molecule has 1 aromatic carbocycles. The summed E-state index contributed by atoms with van der Waals surface area (Å²) in [5.41, 5.74) is 0.324. The van der Waals surface area contributed by atoms with E-state index in [1.807, 2.05) is 30.3 Å². The predicted molar refractivity (Wildman–Crippen MR) is 61.3 cm³/mol. The molecule has 0 spiro atoms. The topological polar surface area (TPSA) is 47.6 Å². The van der Waals surface area contributed by atoms with Crippen LogP contribution in [0, 0.1) is 28.1 Å². The van der Waals surface area contributed by atoms with Crippen LogP contribution in [-0.2, 0) is 0 Å². The Morgan fingerprint density at radius 2 is 1.75 bits per heavy atom. The van der Waals surface area contributed by atoms with Crippen molar-refractivity contribution in [1.29, 1.82) is 10.5 Å². The van der Waals surface area contributed by atoms with Crippen molar-refractivity contribution in [2.24, 2.45) is 5.41 Å². The van der Waals surface area contributed by atoms with Crippen molar-refractivity contribution < 1.29 is 0 Å². The van der Waals surface area contributed by atoms with Gasteiger partial charge in [0.25, 0.3) is 0 Å². The molecule has 0 heterocycles. The molecule has 80 valence electrons. The molecule has 1 unspecified atom stereocenters. The van der Waals surface area contributed by atoms with Gasteiger partial charge < -0.3 is 0 Å². The van der Waals surface area contributed by atoms with Crippen LogP contribution in [0.15, 0.2) is 30.3 Å². The largest absolute Gasteiger partial charge is 0.197 e. The van der Waals surface area contributed by atoms with E-state index in [2.05, 4.69) is 12.1 Å². The molecule has 1 saturated carbocycles. The van der Waals surface area contributed by atoms with Crippen LogP contribution in [-0.4, -0.2) is 0 Å². The summed E-state index contributed by atoms with van der Waals surface area (Å²) in [4.78, 5) is 0. The molecule has 0 bridgehead atoms. The monoisotopic (exact) mass is 210 g/mol. The number of hydrogen-bond acceptors (Lipinski definition) is 2. The summed E-state index contributed by atoms with van der Waals surface area (Å²) in [7, 11) is 0. The van der Waals surface area contributed by atoms with Crippen LogP contribution in [0.3, 0.4) is 0 Å². The van der Waals surface area contributed by atoms with Crippen LogP contribution in [0.25, 0.3) is 0 Å². The van der Waals surface area contributed by atoms with Crippen molar-refractivity contribution in [3.05, 3.63) is 35.9 Å². The van der Waals surface area contributed by atoms with Gasteiger partial charge in [0.1, 0.15) is 0 Å². The molecule has 1 aliphatic carbocycles. The summed E-state index contributed by atoms with van der Waals surface area (Å²) in [6.45, 7) is 0. The lowest BCUT2D eigenvalue weighted by atomic mass is 9.65. The van der Waals surface area contributed by atoms with E-state index in [-0.39, 0.29) is 5.92 Å². The van der Waals surface area contributed by atoms with E-state index in [0.717, 1.165) is 24.8 Å². The van der Waals surface area contributed by atoms with Gasteiger partial charge in [-0.2, -0.15) is 10.5 Å². The SMILES string of the molecule is N#CC1(C#N)CCCCC1c1ccccc1. The molecule has 1 aliphatic rings. The highest BCUT2D eigenvalue weighted by Gasteiger charge is 2.42. The summed E-state index contributed by atoms with van der Waals surface area (Å²) in [5, 5.41) is 18.6. The zero-order valence-electron chi connectivity index (χ0n) is 9.19. The Balaban J connectivity index is 2.39. The number of rotatable bonds is 1. The highest BCUT2D eigenvalue weighted by Crippen LogP contribution is 2.46. The molecule has 0 radical (unpaired) electrons. The van der Waals surface area contributed by atoms with Crippen molar-refractivity contribution >= 4 is 0 Å². The van der Waals surface area contributed by atoms with E-state index in [1.54, 1.807) is 0 Å².